The van der Waals surface area contributed by atoms with E-state index in [1.807, 2.05) is 26.8 Å². The number of alkyl carbamates (subject to hydrolysis) is 1. The first-order valence-corrected chi connectivity index (χ1v) is 11.8. The summed E-state index contributed by atoms with van der Waals surface area (Å²) in [7, 11) is 1.50. The van der Waals surface area contributed by atoms with Crippen LogP contribution in [0.1, 0.15) is 46.5 Å². The molecule has 2 aromatic heterocycles. The number of carbonyl (C=O) groups is 1. The van der Waals surface area contributed by atoms with Gasteiger partial charge in [0.1, 0.15) is 11.4 Å². The standard InChI is InChI=1S/C26H31FN4O4/c1-26(2,3)35-25(33)30-18-7-5-6-16(10-18)15-31-9-8-17-11-21(22(27)12-20(17)24(31)32)23-28-13-19(34-4)14-29-23/h8-9,11-14,16,18H,5-7,10,15H2,1-4H3,(H,30,33)/t16-,18+/m1/s1. The molecule has 0 radical (unpaired) electrons. The molecule has 1 aliphatic carbocycles. The number of pyridine rings is 1. The monoisotopic (exact) mass is 482 g/mol. The fourth-order valence-electron chi connectivity index (χ4n) is 4.52. The van der Waals surface area contributed by atoms with Crippen LogP contribution in [0.3, 0.4) is 0 Å². The molecule has 3 aromatic rings. The second-order valence-corrected chi connectivity index (χ2v) is 10.0. The van der Waals surface area contributed by atoms with Crippen molar-refractivity contribution in [2.45, 2.75) is 64.6 Å². The lowest BCUT2D eigenvalue weighted by Crippen LogP contribution is -2.42. The number of halogens is 1. The number of ether oxygens (including phenoxy) is 2. The van der Waals surface area contributed by atoms with E-state index in [9.17, 15) is 14.0 Å². The number of hydrogen-bond donors (Lipinski definition) is 1. The van der Waals surface area contributed by atoms with Crippen molar-refractivity contribution in [1.29, 1.82) is 0 Å². The molecule has 0 aliphatic heterocycles. The van der Waals surface area contributed by atoms with Crippen LogP contribution in [-0.2, 0) is 11.3 Å². The molecule has 9 heteroatoms. The molecular formula is C26H31FN4O4. The summed E-state index contributed by atoms with van der Waals surface area (Å²) in [6, 6.07) is 4.66. The largest absolute Gasteiger partial charge is 0.494 e. The molecule has 1 fully saturated rings. The van der Waals surface area contributed by atoms with E-state index < -0.39 is 17.5 Å². The van der Waals surface area contributed by atoms with Gasteiger partial charge in [0.05, 0.1) is 30.5 Å². The number of nitrogens with zero attached hydrogens (tertiary/aromatic N) is 3. The second-order valence-electron chi connectivity index (χ2n) is 10.0. The van der Waals surface area contributed by atoms with Crippen molar-refractivity contribution in [2.75, 3.05) is 7.11 Å². The van der Waals surface area contributed by atoms with Crippen molar-refractivity contribution >= 4 is 16.9 Å². The number of methoxy groups -OCH3 is 1. The summed E-state index contributed by atoms with van der Waals surface area (Å²) in [5, 5.41) is 3.88. The Labute approximate surface area is 203 Å². The van der Waals surface area contributed by atoms with E-state index >= 15 is 0 Å². The lowest BCUT2D eigenvalue weighted by Gasteiger charge is -2.31. The van der Waals surface area contributed by atoms with E-state index in [-0.39, 0.29) is 28.9 Å². The SMILES string of the molecule is COc1cnc(-c2cc3ccn(C[C@@H]4CCC[C@H](NC(=O)OC(C)(C)C)C4)c(=O)c3cc2F)nc1. The van der Waals surface area contributed by atoms with E-state index in [1.165, 1.54) is 25.6 Å². The summed E-state index contributed by atoms with van der Waals surface area (Å²) >= 11 is 0. The summed E-state index contributed by atoms with van der Waals surface area (Å²) in [4.78, 5) is 33.6. The van der Waals surface area contributed by atoms with Crippen molar-refractivity contribution in [3.63, 3.8) is 0 Å². The number of carbonyl (C=O) groups excluding carboxylic acids is 1. The van der Waals surface area contributed by atoms with Crippen LogP contribution in [0.5, 0.6) is 5.75 Å². The summed E-state index contributed by atoms with van der Waals surface area (Å²) in [5.41, 5.74) is -0.572. The Kier molecular flexibility index (Phi) is 7.05. The first-order valence-electron chi connectivity index (χ1n) is 11.8. The van der Waals surface area contributed by atoms with E-state index in [2.05, 4.69) is 15.3 Å². The van der Waals surface area contributed by atoms with Crippen LogP contribution in [0.15, 0.2) is 41.6 Å². The minimum Gasteiger partial charge on any atom is -0.494 e. The Morgan fingerprint density at radius 2 is 1.97 bits per heavy atom. The molecule has 0 bridgehead atoms. The molecule has 1 saturated carbocycles. The summed E-state index contributed by atoms with van der Waals surface area (Å²) in [6.07, 6.45) is 7.81. The second kappa shape index (κ2) is 10.0. The highest BCUT2D eigenvalue weighted by atomic mass is 19.1. The molecular weight excluding hydrogens is 451 g/mol. The van der Waals surface area contributed by atoms with Gasteiger partial charge in [-0.15, -0.1) is 0 Å². The van der Waals surface area contributed by atoms with Crippen molar-refractivity contribution in [3.05, 3.63) is 53.0 Å². The van der Waals surface area contributed by atoms with E-state index in [0.29, 0.717) is 23.1 Å². The van der Waals surface area contributed by atoms with Gasteiger partial charge >= 0.3 is 6.09 Å². The highest BCUT2D eigenvalue weighted by molar-refractivity contribution is 5.86. The zero-order chi connectivity index (χ0) is 25.2. The molecule has 2 heterocycles. The molecule has 0 unspecified atom stereocenters. The number of aromatic nitrogens is 3. The summed E-state index contributed by atoms with van der Waals surface area (Å²) in [6.45, 7) is 6.00. The van der Waals surface area contributed by atoms with Crippen LogP contribution in [0, 0.1) is 11.7 Å². The predicted molar refractivity (Wildman–Crippen MR) is 131 cm³/mol. The van der Waals surface area contributed by atoms with Crippen LogP contribution >= 0.6 is 0 Å². The molecule has 0 saturated heterocycles. The van der Waals surface area contributed by atoms with Gasteiger partial charge in [-0.3, -0.25) is 4.79 Å². The van der Waals surface area contributed by atoms with Gasteiger partial charge in [-0.25, -0.2) is 19.2 Å². The van der Waals surface area contributed by atoms with Crippen LogP contribution < -0.4 is 15.6 Å². The Morgan fingerprint density at radius 1 is 1.23 bits per heavy atom. The molecule has 0 spiro atoms. The Bertz CT molecular complexity index is 1270. The Morgan fingerprint density at radius 3 is 2.66 bits per heavy atom. The van der Waals surface area contributed by atoms with E-state index in [0.717, 1.165) is 25.7 Å². The molecule has 2 atom stereocenters. The number of benzene rings is 1. The molecule has 1 aromatic carbocycles. The lowest BCUT2D eigenvalue weighted by atomic mass is 9.85. The fraction of sp³-hybridized carbons (Fsp3) is 0.462. The maximum absolute atomic E-state index is 14.9. The first-order chi connectivity index (χ1) is 16.6. The van der Waals surface area contributed by atoms with Crippen molar-refractivity contribution < 1.29 is 18.7 Å². The maximum Gasteiger partial charge on any atom is 0.407 e. The van der Waals surface area contributed by atoms with Gasteiger partial charge in [0.25, 0.3) is 5.56 Å². The average molecular weight is 483 g/mol. The fourth-order valence-corrected chi connectivity index (χ4v) is 4.52. The van der Waals surface area contributed by atoms with Crippen LogP contribution in [0.4, 0.5) is 9.18 Å². The molecule has 4 rings (SSSR count). The Balaban J connectivity index is 1.50. The third-order valence-corrected chi connectivity index (χ3v) is 6.13. The Hall–Kier alpha value is -3.49. The zero-order valence-electron chi connectivity index (χ0n) is 20.5. The highest BCUT2D eigenvalue weighted by Crippen LogP contribution is 2.27. The molecule has 35 heavy (non-hydrogen) atoms. The predicted octanol–water partition coefficient (Wildman–Crippen LogP) is 4.69. The minimum absolute atomic E-state index is 0.00394. The number of amides is 1. The average Bonchev–Trinajstić information content (AvgIpc) is 2.80. The van der Waals surface area contributed by atoms with Gasteiger partial charge in [-0.05, 0) is 69.5 Å². The topological polar surface area (TPSA) is 95.3 Å². The van der Waals surface area contributed by atoms with Gasteiger partial charge in [0.2, 0.25) is 0 Å². The number of rotatable bonds is 5. The van der Waals surface area contributed by atoms with Crippen LogP contribution in [0.2, 0.25) is 0 Å². The van der Waals surface area contributed by atoms with Gasteiger partial charge in [0.15, 0.2) is 11.6 Å². The maximum atomic E-state index is 14.9. The number of hydrogen-bond acceptors (Lipinski definition) is 6. The summed E-state index contributed by atoms with van der Waals surface area (Å²) < 4.78 is 27.0. The lowest BCUT2D eigenvalue weighted by molar-refractivity contribution is 0.0483. The summed E-state index contributed by atoms with van der Waals surface area (Å²) in [5.74, 6) is 0.358. The molecule has 8 nitrogen and oxygen atoms in total. The zero-order valence-corrected chi connectivity index (χ0v) is 20.5. The minimum atomic E-state index is -0.559. The molecule has 1 amide bonds. The van der Waals surface area contributed by atoms with Crippen molar-refractivity contribution in [1.82, 2.24) is 19.9 Å². The molecule has 1 aliphatic rings. The van der Waals surface area contributed by atoms with Gasteiger partial charge in [-0.1, -0.05) is 6.42 Å². The number of fused-ring (bicyclic) bond motifs is 1. The third-order valence-electron chi connectivity index (χ3n) is 6.13. The van der Waals surface area contributed by atoms with Gasteiger partial charge in [0, 0.05) is 18.8 Å². The van der Waals surface area contributed by atoms with Crippen molar-refractivity contribution in [2.24, 2.45) is 5.92 Å². The smallest absolute Gasteiger partial charge is 0.407 e. The van der Waals surface area contributed by atoms with Crippen LogP contribution in [-0.4, -0.2) is 39.4 Å². The highest BCUT2D eigenvalue weighted by Gasteiger charge is 2.26. The molecule has 186 valence electrons. The van der Waals surface area contributed by atoms with E-state index in [4.69, 9.17) is 9.47 Å². The van der Waals surface area contributed by atoms with Gasteiger partial charge < -0.3 is 19.4 Å². The van der Waals surface area contributed by atoms with E-state index in [1.54, 1.807) is 16.8 Å². The van der Waals surface area contributed by atoms with Crippen molar-refractivity contribution in [3.8, 4) is 17.1 Å². The van der Waals surface area contributed by atoms with Crippen LogP contribution in [0.25, 0.3) is 22.2 Å². The molecule has 1 N–H and O–H groups in total. The number of nitrogens with one attached hydrogen (secondary N) is 1. The quantitative estimate of drug-likeness (QED) is 0.567. The normalized spacial score (nSPS) is 18.3. The third kappa shape index (κ3) is 5.96. The first kappa shape index (κ1) is 24.6. The van der Waals surface area contributed by atoms with Gasteiger partial charge in [-0.2, -0.15) is 0 Å².